The van der Waals surface area contributed by atoms with Crippen LogP contribution in [0.5, 0.6) is 0 Å². The highest BCUT2D eigenvalue weighted by Gasteiger charge is 2.20. The van der Waals surface area contributed by atoms with Crippen LogP contribution < -0.4 is 4.90 Å². The first-order valence-electron chi connectivity index (χ1n) is 13.0. The molecule has 38 heavy (non-hydrogen) atoms. The smallest absolute Gasteiger partial charge is 0.0541 e. The molecule has 0 aliphatic heterocycles. The van der Waals surface area contributed by atoms with E-state index in [9.17, 15) is 0 Å². The molecule has 1 aromatic heterocycles. The van der Waals surface area contributed by atoms with Crippen LogP contribution in [0, 0.1) is 0 Å². The summed E-state index contributed by atoms with van der Waals surface area (Å²) in [5.41, 5.74) is 9.34. The Balaban J connectivity index is 1.51. The van der Waals surface area contributed by atoms with Gasteiger partial charge in [0.05, 0.1) is 22.4 Å². The minimum atomic E-state index is 1.13. The van der Waals surface area contributed by atoms with E-state index in [-0.39, 0.29) is 0 Å². The van der Waals surface area contributed by atoms with Gasteiger partial charge in [-0.1, -0.05) is 109 Å². The van der Waals surface area contributed by atoms with E-state index in [2.05, 4.69) is 167 Å². The van der Waals surface area contributed by atoms with Crippen LogP contribution in [0.15, 0.2) is 158 Å². The average molecular weight is 487 g/mol. The minimum absolute atomic E-state index is 1.13. The third-order valence-electron chi connectivity index (χ3n) is 7.19. The Morgan fingerprint density at radius 2 is 0.816 bits per heavy atom. The molecule has 0 amide bonds. The molecule has 0 atom stereocenters. The van der Waals surface area contributed by atoms with E-state index >= 15 is 0 Å². The van der Waals surface area contributed by atoms with Crippen molar-refractivity contribution in [3.8, 4) is 16.8 Å². The fraction of sp³-hybridized carbons (Fsp3) is 0. The van der Waals surface area contributed by atoms with Crippen molar-refractivity contribution in [2.24, 2.45) is 0 Å². The Hall–Kier alpha value is -5.08. The highest BCUT2D eigenvalue weighted by atomic mass is 15.1. The number of anilines is 3. The van der Waals surface area contributed by atoms with Gasteiger partial charge in [-0.2, -0.15) is 0 Å². The number of aromatic nitrogens is 1. The van der Waals surface area contributed by atoms with Crippen LogP contribution in [0.3, 0.4) is 0 Å². The van der Waals surface area contributed by atoms with Crippen molar-refractivity contribution < 1.29 is 0 Å². The van der Waals surface area contributed by atoms with Crippen LogP contribution in [0.4, 0.5) is 17.1 Å². The second-order valence-electron chi connectivity index (χ2n) is 9.41. The van der Waals surface area contributed by atoms with Gasteiger partial charge in [-0.25, -0.2) is 0 Å². The van der Waals surface area contributed by atoms with Gasteiger partial charge in [0, 0.05) is 33.3 Å². The summed E-state index contributed by atoms with van der Waals surface area (Å²) >= 11 is 0. The van der Waals surface area contributed by atoms with Gasteiger partial charge in [-0.3, -0.25) is 0 Å². The molecule has 0 aliphatic rings. The standard InChI is InChI=1S/C36H26N2/c1-3-15-27(16-4-1)37(28-17-5-2-6-18-28)33-23-11-7-19-29(33)30-20-8-12-24-34(30)38-35-25-13-9-21-31(35)32-22-10-14-26-36(32)38/h1-26H. The maximum atomic E-state index is 2.41. The summed E-state index contributed by atoms with van der Waals surface area (Å²) in [6.07, 6.45) is 0. The summed E-state index contributed by atoms with van der Waals surface area (Å²) in [5.74, 6) is 0. The number of fused-ring (bicyclic) bond motifs is 3. The van der Waals surface area contributed by atoms with Gasteiger partial charge in [0.2, 0.25) is 0 Å². The Labute approximate surface area is 222 Å². The van der Waals surface area contributed by atoms with Crippen LogP contribution in [0.2, 0.25) is 0 Å². The van der Waals surface area contributed by atoms with Crippen LogP contribution in [0.1, 0.15) is 0 Å². The van der Waals surface area contributed by atoms with Gasteiger partial charge in [-0.15, -0.1) is 0 Å². The van der Waals surface area contributed by atoms with Gasteiger partial charge < -0.3 is 9.47 Å². The predicted octanol–water partition coefficient (Wildman–Crippen LogP) is 9.92. The monoisotopic (exact) mass is 486 g/mol. The van der Waals surface area contributed by atoms with Crippen molar-refractivity contribution >= 4 is 38.9 Å². The first kappa shape index (κ1) is 22.1. The zero-order valence-corrected chi connectivity index (χ0v) is 20.9. The first-order chi connectivity index (χ1) is 18.9. The van der Waals surface area contributed by atoms with Gasteiger partial charge in [0.25, 0.3) is 0 Å². The molecule has 2 nitrogen and oxygen atoms in total. The Kier molecular flexibility index (Phi) is 5.49. The number of hydrogen-bond donors (Lipinski definition) is 0. The maximum absolute atomic E-state index is 2.41. The molecule has 0 N–H and O–H groups in total. The van der Waals surface area contributed by atoms with E-state index in [1.165, 1.54) is 38.6 Å². The summed E-state index contributed by atoms with van der Waals surface area (Å²) in [7, 11) is 0. The minimum Gasteiger partial charge on any atom is -0.310 e. The molecule has 180 valence electrons. The maximum Gasteiger partial charge on any atom is 0.0541 e. The van der Waals surface area contributed by atoms with Crippen molar-refractivity contribution in [2.45, 2.75) is 0 Å². The number of para-hydroxylation sites is 6. The van der Waals surface area contributed by atoms with Crippen LogP contribution >= 0.6 is 0 Å². The number of rotatable bonds is 5. The van der Waals surface area contributed by atoms with Crippen molar-refractivity contribution in [3.05, 3.63) is 158 Å². The lowest BCUT2D eigenvalue weighted by Crippen LogP contribution is -2.11. The molecule has 0 unspecified atom stereocenters. The number of nitrogens with zero attached hydrogens (tertiary/aromatic N) is 2. The molecule has 0 radical (unpaired) electrons. The second kappa shape index (κ2) is 9.42. The number of benzene rings is 6. The van der Waals surface area contributed by atoms with E-state index in [1.807, 2.05) is 0 Å². The molecule has 0 saturated carbocycles. The number of hydrogen-bond acceptors (Lipinski definition) is 1. The van der Waals surface area contributed by atoms with E-state index < -0.39 is 0 Å². The highest BCUT2D eigenvalue weighted by Crippen LogP contribution is 2.43. The molecule has 7 rings (SSSR count). The molecular formula is C36H26N2. The van der Waals surface area contributed by atoms with Gasteiger partial charge in [-0.05, 0) is 48.5 Å². The molecule has 0 spiro atoms. The SMILES string of the molecule is c1ccc(N(c2ccccc2)c2ccccc2-c2ccccc2-n2c3ccccc3c3ccccc32)cc1. The third-order valence-corrected chi connectivity index (χ3v) is 7.19. The molecule has 0 saturated heterocycles. The van der Waals surface area contributed by atoms with Gasteiger partial charge >= 0.3 is 0 Å². The molecule has 0 bridgehead atoms. The largest absolute Gasteiger partial charge is 0.310 e. The second-order valence-corrected chi connectivity index (χ2v) is 9.41. The zero-order chi connectivity index (χ0) is 25.3. The highest BCUT2D eigenvalue weighted by molar-refractivity contribution is 6.10. The lowest BCUT2D eigenvalue weighted by Gasteiger charge is -2.28. The van der Waals surface area contributed by atoms with E-state index in [0.29, 0.717) is 0 Å². The van der Waals surface area contributed by atoms with Crippen molar-refractivity contribution in [1.29, 1.82) is 0 Å². The summed E-state index contributed by atoms with van der Waals surface area (Å²) in [5, 5.41) is 2.53. The lowest BCUT2D eigenvalue weighted by molar-refractivity contribution is 1.18. The molecular weight excluding hydrogens is 460 g/mol. The fourth-order valence-corrected chi connectivity index (χ4v) is 5.56. The molecule has 2 heteroatoms. The lowest BCUT2D eigenvalue weighted by atomic mass is 9.99. The van der Waals surface area contributed by atoms with Gasteiger partial charge in [0.15, 0.2) is 0 Å². The summed E-state index contributed by atoms with van der Waals surface area (Å²) in [6.45, 7) is 0. The third kappa shape index (κ3) is 3.66. The van der Waals surface area contributed by atoms with E-state index in [1.54, 1.807) is 0 Å². The van der Waals surface area contributed by atoms with Gasteiger partial charge in [0.1, 0.15) is 0 Å². The van der Waals surface area contributed by atoms with Crippen molar-refractivity contribution in [1.82, 2.24) is 4.57 Å². The van der Waals surface area contributed by atoms with Crippen LogP contribution in [-0.4, -0.2) is 4.57 Å². The van der Waals surface area contributed by atoms with Crippen LogP contribution in [0.25, 0.3) is 38.6 Å². The topological polar surface area (TPSA) is 8.17 Å². The Bertz CT molecular complexity index is 1770. The van der Waals surface area contributed by atoms with E-state index in [0.717, 1.165) is 17.1 Å². The Morgan fingerprint density at radius 3 is 1.42 bits per heavy atom. The van der Waals surface area contributed by atoms with Crippen molar-refractivity contribution in [2.75, 3.05) is 4.90 Å². The summed E-state index contributed by atoms with van der Waals surface area (Å²) in [6, 6.07) is 56.0. The molecule has 1 heterocycles. The van der Waals surface area contributed by atoms with Crippen LogP contribution in [-0.2, 0) is 0 Å². The van der Waals surface area contributed by atoms with Crippen molar-refractivity contribution in [3.63, 3.8) is 0 Å². The quantitative estimate of drug-likeness (QED) is 0.235. The summed E-state index contributed by atoms with van der Waals surface area (Å²) < 4.78 is 2.41. The normalized spacial score (nSPS) is 11.2. The average Bonchev–Trinajstić information content (AvgIpc) is 3.33. The molecule has 7 aromatic rings. The fourth-order valence-electron chi connectivity index (χ4n) is 5.56. The Morgan fingerprint density at radius 1 is 0.368 bits per heavy atom. The first-order valence-corrected chi connectivity index (χ1v) is 13.0. The molecule has 6 aromatic carbocycles. The van der Waals surface area contributed by atoms with E-state index in [4.69, 9.17) is 0 Å². The molecule has 0 aliphatic carbocycles. The predicted molar refractivity (Wildman–Crippen MR) is 161 cm³/mol. The zero-order valence-electron chi connectivity index (χ0n) is 20.9. The molecule has 0 fully saturated rings. The summed E-state index contributed by atoms with van der Waals surface area (Å²) in [4.78, 5) is 2.35.